The number of rotatable bonds is 5. The molecule has 1 aromatic heterocycles. The quantitative estimate of drug-likeness (QED) is 0.892. The molecule has 0 fully saturated rings. The molecule has 2 rings (SSSR count). The lowest BCUT2D eigenvalue weighted by atomic mass is 10.2. The fourth-order valence-electron chi connectivity index (χ4n) is 2.33. The Kier molecular flexibility index (Phi) is 3.88. The Bertz CT molecular complexity index is 599. The van der Waals surface area contributed by atoms with Crippen LogP contribution in [-0.4, -0.2) is 20.6 Å². The van der Waals surface area contributed by atoms with Crippen LogP contribution in [0.5, 0.6) is 0 Å². The van der Waals surface area contributed by atoms with Gasteiger partial charge in [-0.1, -0.05) is 33.3 Å². The number of imidazole rings is 1. The van der Waals surface area contributed by atoms with E-state index in [2.05, 4.69) is 30.3 Å². The van der Waals surface area contributed by atoms with Gasteiger partial charge in [0.25, 0.3) is 0 Å². The van der Waals surface area contributed by atoms with Gasteiger partial charge in [-0.3, -0.25) is 0 Å². The summed E-state index contributed by atoms with van der Waals surface area (Å²) in [5.74, 6) is 0.337. The van der Waals surface area contributed by atoms with Gasteiger partial charge in [-0.2, -0.15) is 0 Å². The molecule has 4 nitrogen and oxygen atoms in total. The molecule has 0 amide bonds. The van der Waals surface area contributed by atoms with Crippen LogP contribution in [0.15, 0.2) is 18.2 Å². The molecular weight excluding hydrogens is 240 g/mol. The van der Waals surface area contributed by atoms with Gasteiger partial charge in [-0.05, 0) is 18.6 Å². The molecule has 0 bridgehead atoms. The first-order chi connectivity index (χ1) is 9.06. The Morgan fingerprint density at radius 1 is 1.42 bits per heavy atom. The van der Waals surface area contributed by atoms with Crippen molar-refractivity contribution in [2.24, 2.45) is 0 Å². The summed E-state index contributed by atoms with van der Waals surface area (Å²) < 4.78 is 2.16. The number of carbonyl (C=O) groups is 1. The highest BCUT2D eigenvalue weighted by atomic mass is 16.4. The van der Waals surface area contributed by atoms with Gasteiger partial charge in [-0.15, -0.1) is 0 Å². The first-order valence-electron chi connectivity index (χ1n) is 6.78. The zero-order valence-corrected chi connectivity index (χ0v) is 11.7. The molecule has 0 atom stereocenters. The van der Waals surface area contributed by atoms with Gasteiger partial charge >= 0.3 is 5.97 Å². The second-order valence-electron chi connectivity index (χ2n) is 5.11. The number of unbranched alkanes of at least 4 members (excludes halogenated alkanes) is 1. The number of carboxylic acid groups (broad SMARTS) is 1. The number of aromatic nitrogens is 2. The first kappa shape index (κ1) is 13.6. The maximum Gasteiger partial charge on any atom is 0.337 e. The van der Waals surface area contributed by atoms with Crippen molar-refractivity contribution in [3.63, 3.8) is 0 Å². The normalized spacial score (nSPS) is 11.4. The fraction of sp³-hybridized carbons (Fsp3) is 0.467. The molecule has 2 aromatic rings. The van der Waals surface area contributed by atoms with Crippen molar-refractivity contribution in [1.29, 1.82) is 0 Å². The van der Waals surface area contributed by atoms with Gasteiger partial charge in [0.2, 0.25) is 0 Å². The molecule has 0 saturated heterocycles. The molecule has 0 spiro atoms. The Hall–Kier alpha value is -1.84. The van der Waals surface area contributed by atoms with Gasteiger partial charge in [0, 0.05) is 12.5 Å². The fourth-order valence-corrected chi connectivity index (χ4v) is 2.33. The summed E-state index contributed by atoms with van der Waals surface area (Å²) in [5.41, 5.74) is 1.82. The largest absolute Gasteiger partial charge is 0.478 e. The van der Waals surface area contributed by atoms with Crippen molar-refractivity contribution in [3.05, 3.63) is 29.6 Å². The molecule has 0 radical (unpaired) electrons. The summed E-state index contributed by atoms with van der Waals surface area (Å²) in [6, 6.07) is 5.36. The van der Waals surface area contributed by atoms with Crippen LogP contribution in [0.4, 0.5) is 0 Å². The van der Waals surface area contributed by atoms with Crippen molar-refractivity contribution in [3.8, 4) is 0 Å². The minimum Gasteiger partial charge on any atom is -0.478 e. The third-order valence-corrected chi connectivity index (χ3v) is 3.29. The van der Waals surface area contributed by atoms with Crippen LogP contribution in [0.2, 0.25) is 0 Å². The highest BCUT2D eigenvalue weighted by Gasteiger charge is 2.18. The van der Waals surface area contributed by atoms with Crippen LogP contribution in [0.3, 0.4) is 0 Å². The average molecular weight is 260 g/mol. The van der Waals surface area contributed by atoms with E-state index < -0.39 is 5.97 Å². The average Bonchev–Trinajstić information content (AvgIpc) is 2.74. The van der Waals surface area contributed by atoms with E-state index in [-0.39, 0.29) is 11.5 Å². The zero-order chi connectivity index (χ0) is 14.0. The second-order valence-corrected chi connectivity index (χ2v) is 5.11. The third-order valence-electron chi connectivity index (χ3n) is 3.29. The van der Waals surface area contributed by atoms with Crippen LogP contribution in [0.1, 0.15) is 55.7 Å². The van der Waals surface area contributed by atoms with Crippen LogP contribution in [0, 0.1) is 0 Å². The topological polar surface area (TPSA) is 55.1 Å². The van der Waals surface area contributed by atoms with Crippen molar-refractivity contribution in [2.45, 2.75) is 46.1 Å². The molecule has 0 aliphatic heterocycles. The van der Waals surface area contributed by atoms with Crippen LogP contribution in [-0.2, 0) is 6.54 Å². The van der Waals surface area contributed by atoms with Gasteiger partial charge < -0.3 is 9.67 Å². The molecule has 19 heavy (non-hydrogen) atoms. The van der Waals surface area contributed by atoms with E-state index in [9.17, 15) is 9.90 Å². The summed E-state index contributed by atoms with van der Waals surface area (Å²) in [5, 5.41) is 9.25. The lowest BCUT2D eigenvalue weighted by Gasteiger charge is -2.10. The third kappa shape index (κ3) is 2.48. The van der Waals surface area contributed by atoms with Crippen LogP contribution < -0.4 is 0 Å². The summed E-state index contributed by atoms with van der Waals surface area (Å²) in [4.78, 5) is 15.8. The van der Waals surface area contributed by atoms with E-state index in [0.29, 0.717) is 5.52 Å². The van der Waals surface area contributed by atoms with Gasteiger partial charge in [0.15, 0.2) is 0 Å². The first-order valence-corrected chi connectivity index (χ1v) is 6.78. The molecule has 0 aliphatic rings. The predicted molar refractivity (Wildman–Crippen MR) is 75.7 cm³/mol. The van der Waals surface area contributed by atoms with Crippen molar-refractivity contribution in [2.75, 3.05) is 0 Å². The standard InChI is InChI=1S/C15H20N2O2/c1-4-5-9-17-12-8-6-7-11(15(18)19)13(12)16-14(17)10(2)3/h6-8,10H,4-5,9H2,1-3H3,(H,18,19). The van der Waals surface area contributed by atoms with E-state index in [1.807, 2.05) is 6.07 Å². The lowest BCUT2D eigenvalue weighted by Crippen LogP contribution is -2.05. The number of carboxylic acids is 1. The SMILES string of the molecule is CCCCn1c(C(C)C)nc2c(C(=O)O)cccc21. The maximum atomic E-state index is 11.3. The molecule has 0 saturated carbocycles. The zero-order valence-electron chi connectivity index (χ0n) is 11.7. The van der Waals surface area contributed by atoms with E-state index in [1.165, 1.54) is 0 Å². The lowest BCUT2D eigenvalue weighted by molar-refractivity contribution is 0.0699. The molecule has 0 unspecified atom stereocenters. The predicted octanol–water partition coefficient (Wildman–Crippen LogP) is 3.66. The number of benzene rings is 1. The van der Waals surface area contributed by atoms with Crippen LogP contribution in [0.25, 0.3) is 11.0 Å². The number of aryl methyl sites for hydroxylation is 1. The Morgan fingerprint density at radius 3 is 2.74 bits per heavy atom. The summed E-state index contributed by atoms with van der Waals surface area (Å²) >= 11 is 0. The molecule has 0 aliphatic carbocycles. The Labute approximate surface area is 113 Å². The number of hydrogen-bond donors (Lipinski definition) is 1. The number of aromatic carboxylic acids is 1. The van der Waals surface area contributed by atoms with E-state index in [1.54, 1.807) is 12.1 Å². The second kappa shape index (κ2) is 5.43. The van der Waals surface area contributed by atoms with Crippen LogP contribution >= 0.6 is 0 Å². The highest BCUT2D eigenvalue weighted by molar-refractivity contribution is 6.01. The van der Waals surface area contributed by atoms with Crippen molar-refractivity contribution >= 4 is 17.0 Å². The maximum absolute atomic E-state index is 11.3. The Morgan fingerprint density at radius 2 is 2.16 bits per heavy atom. The van der Waals surface area contributed by atoms with E-state index in [4.69, 9.17) is 0 Å². The Balaban J connectivity index is 2.66. The molecule has 4 heteroatoms. The van der Waals surface area contributed by atoms with E-state index >= 15 is 0 Å². The molecule has 1 heterocycles. The van der Waals surface area contributed by atoms with Crippen molar-refractivity contribution in [1.82, 2.24) is 9.55 Å². The highest BCUT2D eigenvalue weighted by Crippen LogP contribution is 2.25. The number of nitrogens with zero attached hydrogens (tertiary/aromatic N) is 2. The van der Waals surface area contributed by atoms with Gasteiger partial charge in [0.1, 0.15) is 11.3 Å². The smallest absolute Gasteiger partial charge is 0.337 e. The van der Waals surface area contributed by atoms with Gasteiger partial charge in [0.05, 0.1) is 11.1 Å². The number of hydrogen-bond acceptors (Lipinski definition) is 2. The summed E-state index contributed by atoms with van der Waals surface area (Å²) in [6.45, 7) is 7.22. The molecular formula is C15H20N2O2. The minimum absolute atomic E-state index is 0.283. The minimum atomic E-state index is -0.916. The monoisotopic (exact) mass is 260 g/mol. The number of fused-ring (bicyclic) bond motifs is 1. The number of para-hydroxylation sites is 1. The molecule has 102 valence electrons. The van der Waals surface area contributed by atoms with E-state index in [0.717, 1.165) is 30.7 Å². The molecule has 1 N–H and O–H groups in total. The summed E-state index contributed by atoms with van der Waals surface area (Å²) in [6.07, 6.45) is 2.18. The molecule has 1 aromatic carbocycles. The van der Waals surface area contributed by atoms with Crippen molar-refractivity contribution < 1.29 is 9.90 Å². The van der Waals surface area contributed by atoms with Gasteiger partial charge in [-0.25, -0.2) is 9.78 Å². The summed E-state index contributed by atoms with van der Waals surface area (Å²) in [7, 11) is 0.